The summed E-state index contributed by atoms with van der Waals surface area (Å²) in [7, 11) is 0. The van der Waals surface area contributed by atoms with Gasteiger partial charge in [-0.2, -0.15) is 0 Å². The van der Waals surface area contributed by atoms with E-state index in [1.807, 2.05) is 25.1 Å². The van der Waals surface area contributed by atoms with Gasteiger partial charge in [-0.3, -0.25) is 4.79 Å². The maximum Gasteiger partial charge on any atom is 0.224 e. The highest BCUT2D eigenvalue weighted by atomic mass is 16.1. The van der Waals surface area contributed by atoms with Crippen LogP contribution in [0.3, 0.4) is 0 Å². The molecule has 0 radical (unpaired) electrons. The lowest BCUT2D eigenvalue weighted by Gasteiger charge is -2.23. The fourth-order valence-corrected chi connectivity index (χ4v) is 1.85. The van der Waals surface area contributed by atoms with Gasteiger partial charge in [-0.25, -0.2) is 0 Å². The number of hydrogen-bond donors (Lipinski definition) is 2. The van der Waals surface area contributed by atoms with Crippen molar-refractivity contribution in [1.82, 2.24) is 0 Å². The van der Waals surface area contributed by atoms with Crippen molar-refractivity contribution in [3.63, 3.8) is 0 Å². The number of hydrogen-bond acceptors (Lipinski definition) is 2. The second-order valence-electron chi connectivity index (χ2n) is 5.89. The van der Waals surface area contributed by atoms with Crippen LogP contribution in [0, 0.1) is 5.92 Å². The molecule has 0 aliphatic rings. The highest BCUT2D eigenvalue weighted by Crippen LogP contribution is 2.29. The van der Waals surface area contributed by atoms with Crippen molar-refractivity contribution in [2.75, 3.05) is 11.9 Å². The van der Waals surface area contributed by atoms with E-state index in [1.54, 1.807) is 0 Å². The third kappa shape index (κ3) is 4.15. The number of nitrogens with one attached hydrogen (secondary N) is 1. The molecule has 1 unspecified atom stereocenters. The smallest absolute Gasteiger partial charge is 0.224 e. The van der Waals surface area contributed by atoms with E-state index in [0.29, 0.717) is 13.0 Å². The van der Waals surface area contributed by atoms with Crippen molar-refractivity contribution < 1.29 is 4.79 Å². The van der Waals surface area contributed by atoms with E-state index in [4.69, 9.17) is 5.73 Å². The third-order valence-electron chi connectivity index (χ3n) is 2.95. The van der Waals surface area contributed by atoms with Crippen LogP contribution in [0.1, 0.15) is 39.7 Å². The van der Waals surface area contributed by atoms with Gasteiger partial charge < -0.3 is 11.1 Å². The maximum atomic E-state index is 11.9. The average molecular weight is 248 g/mol. The largest absolute Gasteiger partial charge is 0.330 e. The molecular weight excluding hydrogens is 224 g/mol. The van der Waals surface area contributed by atoms with Crippen molar-refractivity contribution in [3.8, 4) is 0 Å². The Kier molecular flexibility index (Phi) is 4.91. The van der Waals surface area contributed by atoms with Gasteiger partial charge >= 0.3 is 0 Å². The molecule has 0 aliphatic carbocycles. The van der Waals surface area contributed by atoms with E-state index in [1.165, 1.54) is 0 Å². The zero-order valence-electron chi connectivity index (χ0n) is 11.8. The molecule has 1 rings (SSSR count). The normalized spacial score (nSPS) is 13.2. The van der Waals surface area contributed by atoms with Gasteiger partial charge in [-0.05, 0) is 29.5 Å². The summed E-state index contributed by atoms with van der Waals surface area (Å²) in [6.07, 6.45) is 0.467. The molecule has 0 aliphatic heterocycles. The zero-order valence-corrected chi connectivity index (χ0v) is 11.8. The second kappa shape index (κ2) is 6.01. The Labute approximate surface area is 110 Å². The fraction of sp³-hybridized carbons (Fsp3) is 0.533. The molecule has 1 aromatic carbocycles. The summed E-state index contributed by atoms with van der Waals surface area (Å²) in [6, 6.07) is 7.95. The fourth-order valence-electron chi connectivity index (χ4n) is 1.85. The second-order valence-corrected chi connectivity index (χ2v) is 5.89. The number of rotatable bonds is 4. The molecule has 0 spiro atoms. The molecule has 0 fully saturated rings. The van der Waals surface area contributed by atoms with Crippen molar-refractivity contribution in [1.29, 1.82) is 0 Å². The van der Waals surface area contributed by atoms with E-state index in [2.05, 4.69) is 32.2 Å². The van der Waals surface area contributed by atoms with E-state index in [-0.39, 0.29) is 17.2 Å². The van der Waals surface area contributed by atoms with Crippen LogP contribution in [-0.4, -0.2) is 12.5 Å². The topological polar surface area (TPSA) is 55.1 Å². The molecule has 1 aromatic rings. The Morgan fingerprint density at radius 3 is 2.50 bits per heavy atom. The minimum atomic E-state index is 0.0172. The van der Waals surface area contributed by atoms with Crippen LogP contribution < -0.4 is 11.1 Å². The first-order valence-corrected chi connectivity index (χ1v) is 6.44. The van der Waals surface area contributed by atoms with Gasteiger partial charge in [0, 0.05) is 12.1 Å². The molecule has 100 valence electrons. The molecule has 1 atom stereocenters. The summed E-state index contributed by atoms with van der Waals surface area (Å²) < 4.78 is 0. The summed E-state index contributed by atoms with van der Waals surface area (Å²) in [5.41, 5.74) is 7.60. The highest BCUT2D eigenvalue weighted by molar-refractivity contribution is 5.91. The minimum Gasteiger partial charge on any atom is -0.330 e. The van der Waals surface area contributed by atoms with E-state index < -0.39 is 0 Å². The van der Waals surface area contributed by atoms with Crippen LogP contribution in [0.15, 0.2) is 24.3 Å². The standard InChI is InChI=1S/C15H24N2O/c1-11(10-16)9-14(18)17-13-8-6-5-7-12(13)15(2,3)4/h5-8,11H,9-10,16H2,1-4H3,(H,17,18). The Morgan fingerprint density at radius 2 is 1.94 bits per heavy atom. The van der Waals surface area contributed by atoms with E-state index in [0.717, 1.165) is 11.3 Å². The lowest BCUT2D eigenvalue weighted by Crippen LogP contribution is -2.22. The molecule has 0 bridgehead atoms. The molecule has 0 heterocycles. The van der Waals surface area contributed by atoms with Crippen molar-refractivity contribution in [2.45, 2.75) is 39.5 Å². The molecular formula is C15H24N2O. The van der Waals surface area contributed by atoms with Gasteiger partial charge in [-0.1, -0.05) is 45.9 Å². The molecule has 18 heavy (non-hydrogen) atoms. The van der Waals surface area contributed by atoms with E-state index in [9.17, 15) is 4.79 Å². The zero-order chi connectivity index (χ0) is 13.8. The summed E-state index contributed by atoms with van der Waals surface area (Å²) >= 11 is 0. The number of amides is 1. The van der Waals surface area contributed by atoms with Crippen LogP contribution in [0.2, 0.25) is 0 Å². The molecule has 3 nitrogen and oxygen atoms in total. The Bertz CT molecular complexity index is 407. The molecule has 0 saturated carbocycles. The first-order chi connectivity index (χ1) is 8.34. The summed E-state index contributed by atoms with van der Waals surface area (Å²) in [5.74, 6) is 0.247. The number of para-hydroxylation sites is 1. The quantitative estimate of drug-likeness (QED) is 0.860. The van der Waals surface area contributed by atoms with Crippen molar-refractivity contribution in [3.05, 3.63) is 29.8 Å². The SMILES string of the molecule is CC(CN)CC(=O)Nc1ccccc1C(C)(C)C. The van der Waals surface area contributed by atoms with Crippen LogP contribution in [0.4, 0.5) is 5.69 Å². The molecule has 1 amide bonds. The first-order valence-electron chi connectivity index (χ1n) is 6.44. The number of benzene rings is 1. The number of anilines is 1. The van der Waals surface area contributed by atoms with Crippen LogP contribution >= 0.6 is 0 Å². The number of nitrogens with two attached hydrogens (primary N) is 1. The summed E-state index contributed by atoms with van der Waals surface area (Å²) in [4.78, 5) is 11.9. The van der Waals surface area contributed by atoms with Gasteiger partial charge in [0.2, 0.25) is 5.91 Å². The number of carbonyl (C=O) groups excluding carboxylic acids is 1. The molecule has 3 heteroatoms. The van der Waals surface area contributed by atoms with Crippen LogP contribution in [0.25, 0.3) is 0 Å². The monoisotopic (exact) mass is 248 g/mol. The third-order valence-corrected chi connectivity index (χ3v) is 2.95. The van der Waals surface area contributed by atoms with Crippen LogP contribution in [-0.2, 0) is 10.2 Å². The Morgan fingerprint density at radius 1 is 1.33 bits per heavy atom. The van der Waals surface area contributed by atoms with E-state index >= 15 is 0 Å². The van der Waals surface area contributed by atoms with Gasteiger partial charge in [0.1, 0.15) is 0 Å². The molecule has 0 saturated heterocycles. The van der Waals surface area contributed by atoms with Gasteiger partial charge in [0.05, 0.1) is 0 Å². The molecule has 0 aromatic heterocycles. The van der Waals surface area contributed by atoms with Crippen molar-refractivity contribution >= 4 is 11.6 Å². The Balaban J connectivity index is 2.82. The highest BCUT2D eigenvalue weighted by Gasteiger charge is 2.18. The number of carbonyl (C=O) groups is 1. The molecule has 3 N–H and O–H groups in total. The first kappa shape index (κ1) is 14.7. The lowest BCUT2D eigenvalue weighted by atomic mass is 9.86. The van der Waals surface area contributed by atoms with Gasteiger partial charge in [-0.15, -0.1) is 0 Å². The Hall–Kier alpha value is -1.35. The predicted octanol–water partition coefficient (Wildman–Crippen LogP) is 2.91. The summed E-state index contributed by atoms with van der Waals surface area (Å²) in [6.45, 7) is 8.94. The minimum absolute atomic E-state index is 0.0172. The van der Waals surface area contributed by atoms with Gasteiger partial charge in [0.15, 0.2) is 0 Å². The predicted molar refractivity (Wildman–Crippen MR) is 76.6 cm³/mol. The average Bonchev–Trinajstić information content (AvgIpc) is 2.27. The van der Waals surface area contributed by atoms with Gasteiger partial charge in [0.25, 0.3) is 0 Å². The lowest BCUT2D eigenvalue weighted by molar-refractivity contribution is -0.116. The maximum absolute atomic E-state index is 11.9. The van der Waals surface area contributed by atoms with Crippen molar-refractivity contribution in [2.24, 2.45) is 11.7 Å². The summed E-state index contributed by atoms with van der Waals surface area (Å²) in [5, 5.41) is 2.99. The van der Waals surface area contributed by atoms with Crippen LogP contribution in [0.5, 0.6) is 0 Å².